The van der Waals surface area contributed by atoms with Crippen molar-refractivity contribution in [2.75, 3.05) is 5.75 Å². The van der Waals surface area contributed by atoms with Gasteiger partial charge in [-0.3, -0.25) is 0 Å². The van der Waals surface area contributed by atoms with E-state index in [1.165, 1.54) is 21.1 Å². The molecular weight excluding hydrogens is 258 g/mol. The van der Waals surface area contributed by atoms with Crippen LogP contribution in [0.4, 0.5) is 0 Å². The number of thiol groups is 1. The molecule has 3 heteroatoms. The van der Waals surface area contributed by atoms with Gasteiger partial charge in [-0.1, -0.05) is 18.2 Å². The van der Waals surface area contributed by atoms with Gasteiger partial charge in [0.25, 0.3) is 0 Å². The fraction of sp³-hybridized carbons (Fsp3) is 0.273. The van der Waals surface area contributed by atoms with E-state index >= 15 is 0 Å². The summed E-state index contributed by atoms with van der Waals surface area (Å²) in [6, 6.07) is 8.42. The molecule has 14 heavy (non-hydrogen) atoms. The minimum Gasteiger partial charge on any atom is -0.347 e. The molecule has 0 N–H and O–H groups in total. The number of fused-ring (bicyclic) bond motifs is 1. The summed E-state index contributed by atoms with van der Waals surface area (Å²) in [6.07, 6.45) is 0.995. The molecule has 0 unspecified atom stereocenters. The SMILES string of the molecule is Cn1c(CCS)c(Br)c2ccccc21. The van der Waals surface area contributed by atoms with E-state index in [9.17, 15) is 0 Å². The molecule has 0 spiro atoms. The Hall–Kier alpha value is -0.410. The Bertz CT molecular complexity index is 423. The minimum atomic E-state index is 0.878. The van der Waals surface area contributed by atoms with Crippen LogP contribution in [0, 0.1) is 0 Å². The maximum absolute atomic E-state index is 4.27. The first-order valence-corrected chi connectivity index (χ1v) is 6.01. The molecule has 1 nitrogen and oxygen atoms in total. The number of aromatic nitrogens is 1. The van der Waals surface area contributed by atoms with Gasteiger partial charge in [0, 0.05) is 28.1 Å². The van der Waals surface area contributed by atoms with Crippen LogP contribution in [0.5, 0.6) is 0 Å². The lowest BCUT2D eigenvalue weighted by Gasteiger charge is -2.01. The van der Waals surface area contributed by atoms with Crippen LogP contribution < -0.4 is 0 Å². The maximum Gasteiger partial charge on any atom is 0.0491 e. The van der Waals surface area contributed by atoms with Gasteiger partial charge >= 0.3 is 0 Å². The number of nitrogens with zero attached hydrogens (tertiary/aromatic N) is 1. The van der Waals surface area contributed by atoms with Crippen molar-refractivity contribution in [1.82, 2.24) is 4.57 Å². The van der Waals surface area contributed by atoms with Crippen LogP contribution in [-0.2, 0) is 13.5 Å². The largest absolute Gasteiger partial charge is 0.347 e. The second-order valence-corrected chi connectivity index (χ2v) is 4.55. The van der Waals surface area contributed by atoms with E-state index < -0.39 is 0 Å². The fourth-order valence-electron chi connectivity index (χ4n) is 1.78. The molecule has 0 saturated carbocycles. The van der Waals surface area contributed by atoms with Crippen LogP contribution in [0.25, 0.3) is 10.9 Å². The topological polar surface area (TPSA) is 4.93 Å². The third-order valence-corrected chi connectivity index (χ3v) is 3.62. The van der Waals surface area contributed by atoms with E-state index in [4.69, 9.17) is 0 Å². The van der Waals surface area contributed by atoms with Crippen LogP contribution in [0.2, 0.25) is 0 Å². The zero-order valence-corrected chi connectivity index (χ0v) is 10.5. The number of aryl methyl sites for hydroxylation is 1. The Kier molecular flexibility index (Phi) is 2.88. The molecule has 0 saturated heterocycles. The molecule has 1 aromatic carbocycles. The van der Waals surface area contributed by atoms with Gasteiger partial charge in [-0.2, -0.15) is 12.6 Å². The standard InChI is InChI=1S/C11H12BrNS/c1-13-9-5-3-2-4-8(9)11(12)10(13)6-7-14/h2-5,14H,6-7H2,1H3. The zero-order valence-electron chi connectivity index (χ0n) is 8.00. The maximum atomic E-state index is 4.27. The third-order valence-electron chi connectivity index (χ3n) is 2.51. The Labute approximate surface area is 97.6 Å². The lowest BCUT2D eigenvalue weighted by molar-refractivity contribution is 0.865. The van der Waals surface area contributed by atoms with Gasteiger partial charge in [0.15, 0.2) is 0 Å². The molecule has 1 heterocycles. The second kappa shape index (κ2) is 3.99. The predicted octanol–water partition coefficient (Wildman–Crippen LogP) is 3.41. The van der Waals surface area contributed by atoms with Gasteiger partial charge in [0.1, 0.15) is 0 Å². The smallest absolute Gasteiger partial charge is 0.0491 e. The van der Waals surface area contributed by atoms with Crippen molar-refractivity contribution >= 4 is 39.5 Å². The van der Waals surface area contributed by atoms with E-state index in [2.05, 4.69) is 64.4 Å². The third kappa shape index (κ3) is 1.48. The highest BCUT2D eigenvalue weighted by atomic mass is 79.9. The van der Waals surface area contributed by atoms with Crippen LogP contribution in [0.3, 0.4) is 0 Å². The summed E-state index contributed by atoms with van der Waals surface area (Å²) in [7, 11) is 2.10. The first kappa shape index (κ1) is 10.1. The van der Waals surface area contributed by atoms with Crippen molar-refractivity contribution in [2.24, 2.45) is 7.05 Å². The van der Waals surface area contributed by atoms with Crippen LogP contribution in [0.15, 0.2) is 28.7 Å². The number of para-hydroxylation sites is 1. The van der Waals surface area contributed by atoms with Crippen molar-refractivity contribution in [3.05, 3.63) is 34.4 Å². The summed E-state index contributed by atoms with van der Waals surface area (Å²) >= 11 is 7.92. The van der Waals surface area contributed by atoms with Crippen molar-refractivity contribution in [3.8, 4) is 0 Å². The van der Waals surface area contributed by atoms with Crippen LogP contribution in [0.1, 0.15) is 5.69 Å². The molecule has 0 amide bonds. The van der Waals surface area contributed by atoms with E-state index in [1.807, 2.05) is 0 Å². The number of hydrogen-bond donors (Lipinski definition) is 1. The van der Waals surface area contributed by atoms with E-state index in [0.29, 0.717) is 0 Å². The van der Waals surface area contributed by atoms with Crippen LogP contribution in [-0.4, -0.2) is 10.3 Å². The molecule has 0 aliphatic rings. The number of rotatable bonds is 2. The number of hydrogen-bond acceptors (Lipinski definition) is 1. The predicted molar refractivity (Wildman–Crippen MR) is 68.2 cm³/mol. The highest BCUT2D eigenvalue weighted by Gasteiger charge is 2.10. The number of halogens is 1. The normalized spacial score (nSPS) is 11.1. The molecule has 0 fully saturated rings. The van der Waals surface area contributed by atoms with Gasteiger partial charge in [-0.25, -0.2) is 0 Å². The number of benzene rings is 1. The highest BCUT2D eigenvalue weighted by molar-refractivity contribution is 9.10. The molecule has 2 aromatic rings. The summed E-state index contributed by atoms with van der Waals surface area (Å²) in [5.74, 6) is 0.878. The van der Waals surface area contributed by atoms with Crippen LogP contribution >= 0.6 is 28.6 Å². The quantitative estimate of drug-likeness (QED) is 0.798. The lowest BCUT2D eigenvalue weighted by atomic mass is 10.2. The van der Waals surface area contributed by atoms with E-state index in [-0.39, 0.29) is 0 Å². The Morgan fingerprint density at radius 3 is 2.71 bits per heavy atom. The molecule has 0 atom stereocenters. The van der Waals surface area contributed by atoms with Gasteiger partial charge in [0.2, 0.25) is 0 Å². The van der Waals surface area contributed by atoms with Gasteiger partial charge in [-0.05, 0) is 34.2 Å². The summed E-state index contributed by atoms with van der Waals surface area (Å²) in [5.41, 5.74) is 2.59. The average Bonchev–Trinajstić information content (AvgIpc) is 2.45. The van der Waals surface area contributed by atoms with Crippen molar-refractivity contribution in [3.63, 3.8) is 0 Å². The van der Waals surface area contributed by atoms with Gasteiger partial charge in [-0.15, -0.1) is 0 Å². The highest BCUT2D eigenvalue weighted by Crippen LogP contribution is 2.30. The Balaban J connectivity index is 2.72. The van der Waals surface area contributed by atoms with Crippen molar-refractivity contribution in [2.45, 2.75) is 6.42 Å². The summed E-state index contributed by atoms with van der Waals surface area (Å²) in [4.78, 5) is 0. The summed E-state index contributed by atoms with van der Waals surface area (Å²) in [5, 5.41) is 1.28. The van der Waals surface area contributed by atoms with Gasteiger partial charge < -0.3 is 4.57 Å². The molecule has 1 aromatic heterocycles. The molecule has 0 aliphatic carbocycles. The Morgan fingerprint density at radius 2 is 2.07 bits per heavy atom. The van der Waals surface area contributed by atoms with Gasteiger partial charge in [0.05, 0.1) is 0 Å². The monoisotopic (exact) mass is 269 g/mol. The molecule has 0 radical (unpaired) electrons. The first-order valence-electron chi connectivity index (χ1n) is 4.58. The fourth-order valence-corrected chi connectivity index (χ4v) is 2.79. The first-order chi connectivity index (χ1) is 6.75. The molecule has 0 bridgehead atoms. The summed E-state index contributed by atoms with van der Waals surface area (Å²) < 4.78 is 3.44. The molecule has 0 aliphatic heterocycles. The average molecular weight is 270 g/mol. The van der Waals surface area contributed by atoms with Crippen molar-refractivity contribution < 1.29 is 0 Å². The molecular formula is C11H12BrNS. The molecule has 74 valence electrons. The minimum absolute atomic E-state index is 0.878. The van der Waals surface area contributed by atoms with E-state index in [0.717, 1.165) is 12.2 Å². The van der Waals surface area contributed by atoms with Crippen molar-refractivity contribution in [1.29, 1.82) is 0 Å². The Morgan fingerprint density at radius 1 is 1.36 bits per heavy atom. The zero-order chi connectivity index (χ0) is 10.1. The summed E-state index contributed by atoms with van der Waals surface area (Å²) in [6.45, 7) is 0. The second-order valence-electron chi connectivity index (χ2n) is 3.31. The lowest BCUT2D eigenvalue weighted by Crippen LogP contribution is -1.97. The van der Waals surface area contributed by atoms with E-state index in [1.54, 1.807) is 0 Å². The molecule has 2 rings (SSSR count).